The molecule has 2 aromatic heterocycles. The van der Waals surface area contributed by atoms with Crippen LogP contribution in [0, 0.1) is 50.4 Å². The van der Waals surface area contributed by atoms with Crippen molar-refractivity contribution in [2.45, 2.75) is 27.7 Å². The highest BCUT2D eigenvalue weighted by Crippen LogP contribution is 2.33. The van der Waals surface area contributed by atoms with Gasteiger partial charge in [0.2, 0.25) is 0 Å². The second kappa shape index (κ2) is 8.68. The number of ether oxygens (including phenoxy) is 1. The van der Waals surface area contributed by atoms with Gasteiger partial charge in [-0.2, -0.15) is 10.5 Å². The first-order chi connectivity index (χ1) is 12.8. The van der Waals surface area contributed by atoms with Crippen LogP contribution in [0.25, 0.3) is 11.1 Å². The summed E-state index contributed by atoms with van der Waals surface area (Å²) in [6, 6.07) is 6.17. The minimum Gasteiger partial charge on any atom is -0.383 e. The SMILES string of the molecule is COCCNC(=O)C(C#N)=Cc1cc(C)n(-c2sc(C)c(C)c2C#N)c1C. The molecule has 0 aliphatic carbocycles. The predicted octanol–water partition coefficient (Wildman–Crippen LogP) is 3.31. The van der Waals surface area contributed by atoms with Crippen LogP contribution in [-0.2, 0) is 9.53 Å². The molecule has 0 saturated carbocycles. The van der Waals surface area contributed by atoms with Gasteiger partial charge in [-0.05, 0) is 51.0 Å². The number of hydrogen-bond donors (Lipinski definition) is 1. The molecule has 0 unspecified atom stereocenters. The van der Waals surface area contributed by atoms with Crippen molar-refractivity contribution in [3.8, 4) is 17.1 Å². The molecule has 2 heterocycles. The number of carbonyl (C=O) groups excluding carboxylic acids is 1. The van der Waals surface area contributed by atoms with Gasteiger partial charge in [0.05, 0.1) is 12.2 Å². The van der Waals surface area contributed by atoms with Gasteiger partial charge in [-0.1, -0.05) is 0 Å². The Hall–Kier alpha value is -2.87. The molecule has 0 fully saturated rings. The Bertz CT molecular complexity index is 983. The lowest BCUT2D eigenvalue weighted by Gasteiger charge is -2.08. The Balaban J connectivity index is 2.47. The van der Waals surface area contributed by atoms with Crippen LogP contribution in [0.4, 0.5) is 0 Å². The van der Waals surface area contributed by atoms with Gasteiger partial charge in [-0.25, -0.2) is 0 Å². The average molecular weight is 382 g/mol. The molecule has 0 saturated heterocycles. The quantitative estimate of drug-likeness (QED) is 0.471. The Morgan fingerprint density at radius 1 is 1.33 bits per heavy atom. The molecular weight excluding hydrogens is 360 g/mol. The molecule has 27 heavy (non-hydrogen) atoms. The summed E-state index contributed by atoms with van der Waals surface area (Å²) in [5.74, 6) is -0.431. The Morgan fingerprint density at radius 3 is 2.63 bits per heavy atom. The van der Waals surface area contributed by atoms with E-state index in [2.05, 4.69) is 11.4 Å². The van der Waals surface area contributed by atoms with Gasteiger partial charge in [-0.3, -0.25) is 4.79 Å². The van der Waals surface area contributed by atoms with Gasteiger partial charge in [0.25, 0.3) is 5.91 Å². The van der Waals surface area contributed by atoms with Crippen LogP contribution < -0.4 is 5.32 Å². The highest BCUT2D eigenvalue weighted by molar-refractivity contribution is 7.14. The van der Waals surface area contributed by atoms with E-state index in [0.717, 1.165) is 32.4 Å². The molecule has 2 aromatic rings. The number of aromatic nitrogens is 1. The fourth-order valence-electron chi connectivity index (χ4n) is 2.81. The van der Waals surface area contributed by atoms with Gasteiger partial charge in [0, 0.05) is 29.9 Å². The number of nitrogens with zero attached hydrogens (tertiary/aromatic N) is 3. The van der Waals surface area contributed by atoms with Gasteiger partial charge in [0.15, 0.2) is 0 Å². The predicted molar refractivity (Wildman–Crippen MR) is 106 cm³/mol. The van der Waals surface area contributed by atoms with Crippen LogP contribution in [-0.4, -0.2) is 30.7 Å². The molecule has 0 aliphatic rings. The minimum atomic E-state index is -0.431. The second-order valence-corrected chi connectivity index (χ2v) is 7.36. The van der Waals surface area contributed by atoms with Crippen molar-refractivity contribution in [1.82, 2.24) is 9.88 Å². The van der Waals surface area contributed by atoms with Crippen LogP contribution >= 0.6 is 11.3 Å². The number of amides is 1. The summed E-state index contributed by atoms with van der Waals surface area (Å²) in [4.78, 5) is 13.3. The largest absolute Gasteiger partial charge is 0.383 e. The zero-order valence-electron chi connectivity index (χ0n) is 16.1. The van der Waals surface area contributed by atoms with Crippen LogP contribution in [0.5, 0.6) is 0 Å². The standard InChI is InChI=1S/C20H22N4O2S/c1-12-8-16(9-17(10-21)19(25)23-6-7-26-5)14(3)24(12)20-18(11-22)13(2)15(4)27-20/h8-9H,6-7H2,1-5H3,(H,23,25). The Morgan fingerprint density at radius 2 is 2.04 bits per heavy atom. The van der Waals surface area contributed by atoms with E-state index in [1.165, 1.54) is 0 Å². The third-order valence-electron chi connectivity index (χ3n) is 4.41. The molecule has 140 valence electrons. The van der Waals surface area contributed by atoms with Crippen molar-refractivity contribution in [2.24, 2.45) is 0 Å². The van der Waals surface area contributed by atoms with E-state index in [-0.39, 0.29) is 5.57 Å². The van der Waals surface area contributed by atoms with E-state index >= 15 is 0 Å². The van der Waals surface area contributed by atoms with E-state index in [0.29, 0.717) is 18.7 Å². The molecule has 0 bridgehead atoms. The first-order valence-corrected chi connectivity index (χ1v) is 9.25. The smallest absolute Gasteiger partial charge is 0.262 e. The first-order valence-electron chi connectivity index (χ1n) is 8.44. The lowest BCUT2D eigenvalue weighted by molar-refractivity contribution is -0.117. The maximum absolute atomic E-state index is 12.2. The van der Waals surface area contributed by atoms with Crippen LogP contribution in [0.15, 0.2) is 11.6 Å². The van der Waals surface area contributed by atoms with E-state index in [1.54, 1.807) is 24.5 Å². The molecule has 0 aromatic carbocycles. The van der Waals surface area contributed by atoms with Crippen molar-refractivity contribution < 1.29 is 9.53 Å². The summed E-state index contributed by atoms with van der Waals surface area (Å²) >= 11 is 1.57. The van der Waals surface area contributed by atoms with Gasteiger partial charge < -0.3 is 14.6 Å². The van der Waals surface area contributed by atoms with E-state index in [4.69, 9.17) is 4.74 Å². The van der Waals surface area contributed by atoms with E-state index < -0.39 is 5.91 Å². The molecule has 0 aliphatic heterocycles. The molecule has 7 heteroatoms. The summed E-state index contributed by atoms with van der Waals surface area (Å²) in [7, 11) is 1.55. The number of nitriles is 2. The molecular formula is C20H22N4O2S. The van der Waals surface area contributed by atoms with Gasteiger partial charge in [0.1, 0.15) is 22.7 Å². The molecule has 0 atom stereocenters. The van der Waals surface area contributed by atoms with Crippen molar-refractivity contribution in [3.63, 3.8) is 0 Å². The van der Waals surface area contributed by atoms with Crippen LogP contribution in [0.2, 0.25) is 0 Å². The highest BCUT2D eigenvalue weighted by Gasteiger charge is 2.19. The minimum absolute atomic E-state index is 0.0328. The third-order valence-corrected chi connectivity index (χ3v) is 5.60. The zero-order chi connectivity index (χ0) is 20.1. The van der Waals surface area contributed by atoms with Crippen molar-refractivity contribution in [3.05, 3.63) is 44.6 Å². The number of rotatable bonds is 6. The van der Waals surface area contributed by atoms with E-state index in [1.807, 2.05) is 44.4 Å². The number of aryl methyl sites for hydroxylation is 2. The lowest BCUT2D eigenvalue weighted by atomic mass is 10.1. The number of hydrogen-bond acceptors (Lipinski definition) is 5. The van der Waals surface area contributed by atoms with Crippen molar-refractivity contribution >= 4 is 23.3 Å². The summed E-state index contributed by atoms with van der Waals surface area (Å²) < 4.78 is 6.91. The molecule has 6 nitrogen and oxygen atoms in total. The number of carbonyl (C=O) groups is 1. The first kappa shape index (κ1) is 20.4. The molecule has 0 spiro atoms. The van der Waals surface area contributed by atoms with E-state index in [9.17, 15) is 15.3 Å². The van der Waals surface area contributed by atoms with Crippen molar-refractivity contribution in [2.75, 3.05) is 20.3 Å². The van der Waals surface area contributed by atoms with Gasteiger partial charge in [-0.15, -0.1) is 11.3 Å². The third kappa shape index (κ3) is 4.11. The molecule has 1 amide bonds. The second-order valence-electron chi connectivity index (χ2n) is 6.16. The number of nitrogens with one attached hydrogen (secondary N) is 1. The average Bonchev–Trinajstić information content (AvgIpc) is 3.07. The molecule has 0 radical (unpaired) electrons. The fraction of sp³-hybridized carbons (Fsp3) is 0.350. The maximum Gasteiger partial charge on any atom is 0.262 e. The lowest BCUT2D eigenvalue weighted by Crippen LogP contribution is -2.27. The Kier molecular flexibility index (Phi) is 6.57. The highest BCUT2D eigenvalue weighted by atomic mass is 32.1. The number of thiophene rings is 1. The fourth-order valence-corrected chi connectivity index (χ4v) is 4.03. The van der Waals surface area contributed by atoms with Crippen LogP contribution in [0.1, 0.15) is 33.0 Å². The Labute approximate surface area is 163 Å². The summed E-state index contributed by atoms with van der Waals surface area (Å²) in [5, 5.41) is 22.4. The monoisotopic (exact) mass is 382 g/mol. The number of methoxy groups -OCH3 is 1. The molecule has 2 rings (SSSR count). The summed E-state index contributed by atoms with van der Waals surface area (Å²) in [5.41, 5.74) is 4.27. The molecule has 1 N–H and O–H groups in total. The topological polar surface area (TPSA) is 90.8 Å². The maximum atomic E-state index is 12.2. The zero-order valence-corrected chi connectivity index (χ0v) is 17.0. The summed E-state index contributed by atoms with van der Waals surface area (Å²) in [6.45, 7) is 8.53. The van der Waals surface area contributed by atoms with Crippen LogP contribution in [0.3, 0.4) is 0 Å². The normalized spacial score (nSPS) is 11.1. The van der Waals surface area contributed by atoms with Gasteiger partial charge >= 0.3 is 0 Å². The van der Waals surface area contributed by atoms with Crippen molar-refractivity contribution in [1.29, 1.82) is 10.5 Å². The summed E-state index contributed by atoms with van der Waals surface area (Å²) in [6.07, 6.45) is 1.58.